The lowest BCUT2D eigenvalue weighted by Gasteiger charge is -2.35. The number of nitrogens with one attached hydrogen (secondary N) is 1. The summed E-state index contributed by atoms with van der Waals surface area (Å²) in [7, 11) is 3.57. The second-order valence-corrected chi connectivity index (χ2v) is 6.91. The van der Waals surface area contributed by atoms with Crippen molar-refractivity contribution in [2.24, 2.45) is 12.0 Å². The molecule has 2 aromatic heterocycles. The molecule has 0 unspecified atom stereocenters. The smallest absolute Gasteiger partial charge is 0.246 e. The number of carbonyl (C=O) groups is 1. The Balaban J connectivity index is 0.00000320. The van der Waals surface area contributed by atoms with Crippen molar-refractivity contribution in [2.45, 2.75) is 26.3 Å². The Morgan fingerprint density at radius 2 is 2.20 bits per heavy atom. The summed E-state index contributed by atoms with van der Waals surface area (Å²) < 4.78 is 7.50. The summed E-state index contributed by atoms with van der Waals surface area (Å²) in [4.78, 5) is 25.1. The summed E-state index contributed by atoms with van der Waals surface area (Å²) in [6, 6.07) is 3.88. The van der Waals surface area contributed by atoms with E-state index in [1.165, 1.54) is 0 Å². The molecule has 10 heteroatoms. The molecule has 30 heavy (non-hydrogen) atoms. The van der Waals surface area contributed by atoms with Gasteiger partial charge in [0.15, 0.2) is 5.96 Å². The second kappa shape index (κ2) is 11.7. The molecule has 0 bridgehead atoms. The molecule has 1 N–H and O–H groups in total. The monoisotopic (exact) mass is 527 g/mol. The number of amides is 1. The van der Waals surface area contributed by atoms with E-state index < -0.39 is 0 Å². The summed E-state index contributed by atoms with van der Waals surface area (Å²) in [5.74, 6) is 1.35. The predicted octanol–water partition coefficient (Wildman–Crippen LogP) is 2.04. The van der Waals surface area contributed by atoms with Crippen molar-refractivity contribution < 1.29 is 9.53 Å². The molecule has 1 amide bonds. The number of hydrogen-bond acceptors (Lipinski definition) is 5. The molecule has 0 spiro atoms. The number of guanidine groups is 1. The van der Waals surface area contributed by atoms with Crippen LogP contribution < -0.4 is 15.0 Å². The summed E-state index contributed by atoms with van der Waals surface area (Å²) in [5.41, 5.74) is 1.79. The van der Waals surface area contributed by atoms with E-state index >= 15 is 0 Å². The van der Waals surface area contributed by atoms with E-state index in [4.69, 9.17) is 4.74 Å². The van der Waals surface area contributed by atoms with Crippen molar-refractivity contribution in [1.82, 2.24) is 25.0 Å². The molecule has 0 radical (unpaired) electrons. The molecule has 3 rings (SSSR count). The van der Waals surface area contributed by atoms with E-state index in [9.17, 15) is 4.79 Å². The lowest BCUT2D eigenvalue weighted by molar-refractivity contribution is -0.120. The number of piperazine rings is 1. The van der Waals surface area contributed by atoms with Gasteiger partial charge in [-0.2, -0.15) is 5.10 Å². The van der Waals surface area contributed by atoms with Gasteiger partial charge in [0, 0.05) is 51.7 Å². The number of carbonyl (C=O) groups excluding carboxylic acids is 1. The van der Waals surface area contributed by atoms with Crippen LogP contribution in [-0.2, 0) is 18.4 Å². The Labute approximate surface area is 194 Å². The molecular formula is C20H30IN7O2. The van der Waals surface area contributed by atoms with Crippen LogP contribution in [0.1, 0.15) is 25.3 Å². The fraction of sp³-hybridized carbons (Fsp3) is 0.500. The SMILES string of the molecule is CCCCOc1ncccc1CNC(=NC)N1CCN(c2cnn(C)c2)C(=O)C1.I. The first kappa shape index (κ1) is 23.9. The average Bonchev–Trinajstić information content (AvgIpc) is 3.15. The Morgan fingerprint density at radius 3 is 2.87 bits per heavy atom. The lowest BCUT2D eigenvalue weighted by atomic mass is 10.2. The first-order chi connectivity index (χ1) is 14.1. The predicted molar refractivity (Wildman–Crippen MR) is 127 cm³/mol. The van der Waals surface area contributed by atoms with Crippen LogP contribution in [0.4, 0.5) is 5.69 Å². The molecule has 0 aliphatic carbocycles. The third kappa shape index (κ3) is 6.07. The first-order valence-electron chi connectivity index (χ1n) is 9.93. The van der Waals surface area contributed by atoms with Gasteiger partial charge >= 0.3 is 0 Å². The highest BCUT2D eigenvalue weighted by atomic mass is 127. The van der Waals surface area contributed by atoms with E-state index in [0.29, 0.717) is 38.1 Å². The molecule has 0 saturated carbocycles. The third-order valence-corrected chi connectivity index (χ3v) is 4.76. The zero-order valence-electron chi connectivity index (χ0n) is 17.7. The Hall–Kier alpha value is -2.37. The Bertz CT molecular complexity index is 855. The van der Waals surface area contributed by atoms with Gasteiger partial charge in [0.25, 0.3) is 0 Å². The number of aromatic nitrogens is 3. The van der Waals surface area contributed by atoms with Crippen LogP contribution in [0.15, 0.2) is 35.7 Å². The number of unbranched alkanes of at least 4 members (excludes halogenated alkanes) is 1. The standard InChI is InChI=1S/C20H29N7O2.HI/c1-4-5-11-29-19-16(7-6-8-22-19)12-23-20(21-2)26-9-10-27(18(28)15-26)17-13-24-25(3)14-17;/h6-8,13-14H,4-5,9-12,15H2,1-3H3,(H,21,23);1H. The van der Waals surface area contributed by atoms with Crippen molar-refractivity contribution >= 4 is 41.5 Å². The van der Waals surface area contributed by atoms with Gasteiger partial charge in [0.05, 0.1) is 18.5 Å². The van der Waals surface area contributed by atoms with Gasteiger partial charge in [-0.15, -0.1) is 24.0 Å². The summed E-state index contributed by atoms with van der Waals surface area (Å²) in [6.07, 6.45) is 7.36. The largest absolute Gasteiger partial charge is 0.477 e. The molecule has 0 atom stereocenters. The zero-order chi connectivity index (χ0) is 20.6. The number of ether oxygens (including phenoxy) is 1. The topological polar surface area (TPSA) is 87.9 Å². The van der Waals surface area contributed by atoms with Gasteiger partial charge in [0.1, 0.15) is 6.54 Å². The number of anilines is 1. The minimum atomic E-state index is 0. The second-order valence-electron chi connectivity index (χ2n) is 6.91. The molecule has 9 nitrogen and oxygen atoms in total. The minimum Gasteiger partial charge on any atom is -0.477 e. The van der Waals surface area contributed by atoms with Gasteiger partial charge in [0.2, 0.25) is 11.8 Å². The Morgan fingerprint density at radius 1 is 1.37 bits per heavy atom. The number of rotatable bonds is 7. The van der Waals surface area contributed by atoms with E-state index in [2.05, 4.69) is 27.3 Å². The van der Waals surface area contributed by atoms with Gasteiger partial charge < -0.3 is 19.9 Å². The van der Waals surface area contributed by atoms with Gasteiger partial charge in [-0.1, -0.05) is 19.4 Å². The number of nitrogens with zero attached hydrogens (tertiary/aromatic N) is 6. The number of aryl methyl sites for hydroxylation is 1. The van der Waals surface area contributed by atoms with Crippen LogP contribution >= 0.6 is 24.0 Å². The average molecular weight is 527 g/mol. The first-order valence-corrected chi connectivity index (χ1v) is 9.93. The fourth-order valence-corrected chi connectivity index (χ4v) is 3.18. The summed E-state index contributed by atoms with van der Waals surface area (Å²) >= 11 is 0. The quantitative estimate of drug-likeness (QED) is 0.257. The minimum absolute atomic E-state index is 0. The molecule has 164 valence electrons. The van der Waals surface area contributed by atoms with Crippen molar-refractivity contribution in [3.63, 3.8) is 0 Å². The molecular weight excluding hydrogens is 497 g/mol. The zero-order valence-corrected chi connectivity index (χ0v) is 20.1. The van der Waals surface area contributed by atoms with E-state index in [0.717, 1.165) is 24.1 Å². The van der Waals surface area contributed by atoms with Crippen LogP contribution in [0.25, 0.3) is 0 Å². The number of aliphatic imine (C=N–C) groups is 1. The van der Waals surface area contributed by atoms with Gasteiger partial charge in [-0.25, -0.2) is 4.98 Å². The van der Waals surface area contributed by atoms with Crippen molar-refractivity contribution in [3.05, 3.63) is 36.3 Å². The summed E-state index contributed by atoms with van der Waals surface area (Å²) in [6.45, 7) is 4.85. The highest BCUT2D eigenvalue weighted by Gasteiger charge is 2.27. The molecule has 0 aromatic carbocycles. The maximum Gasteiger partial charge on any atom is 0.246 e. The lowest BCUT2D eigenvalue weighted by Crippen LogP contribution is -2.55. The normalized spacial score (nSPS) is 14.5. The van der Waals surface area contributed by atoms with Crippen molar-refractivity contribution in [2.75, 3.05) is 38.2 Å². The maximum atomic E-state index is 12.6. The van der Waals surface area contributed by atoms with Gasteiger partial charge in [-0.05, 0) is 12.5 Å². The molecule has 1 aliphatic heterocycles. The van der Waals surface area contributed by atoms with E-state index in [1.54, 1.807) is 29.0 Å². The van der Waals surface area contributed by atoms with E-state index in [-0.39, 0.29) is 36.4 Å². The maximum absolute atomic E-state index is 12.6. The van der Waals surface area contributed by atoms with Crippen LogP contribution in [-0.4, -0.2) is 64.8 Å². The van der Waals surface area contributed by atoms with Crippen LogP contribution in [0.3, 0.4) is 0 Å². The summed E-state index contributed by atoms with van der Waals surface area (Å²) in [5, 5.41) is 7.48. The highest BCUT2D eigenvalue weighted by molar-refractivity contribution is 14.0. The van der Waals surface area contributed by atoms with Crippen LogP contribution in [0, 0.1) is 0 Å². The van der Waals surface area contributed by atoms with Crippen LogP contribution in [0.2, 0.25) is 0 Å². The third-order valence-electron chi connectivity index (χ3n) is 4.76. The molecule has 1 fully saturated rings. The number of pyridine rings is 1. The van der Waals surface area contributed by atoms with Gasteiger partial charge in [-0.3, -0.25) is 14.5 Å². The fourth-order valence-electron chi connectivity index (χ4n) is 3.18. The van der Waals surface area contributed by atoms with E-state index in [1.807, 2.05) is 30.3 Å². The van der Waals surface area contributed by atoms with Crippen LogP contribution in [0.5, 0.6) is 5.88 Å². The van der Waals surface area contributed by atoms with Crippen molar-refractivity contribution in [1.29, 1.82) is 0 Å². The number of hydrogen-bond donors (Lipinski definition) is 1. The molecule has 3 heterocycles. The van der Waals surface area contributed by atoms with Crippen molar-refractivity contribution in [3.8, 4) is 5.88 Å². The number of halogens is 1. The molecule has 2 aromatic rings. The molecule has 1 saturated heterocycles. The highest BCUT2D eigenvalue weighted by Crippen LogP contribution is 2.17. The Kier molecular flexibility index (Phi) is 9.34. The molecule has 1 aliphatic rings.